The molecule has 0 saturated carbocycles. The number of pyridine rings is 1. The molecule has 2 amide bonds. The van der Waals surface area contributed by atoms with Gasteiger partial charge in [0.15, 0.2) is 5.82 Å². The van der Waals surface area contributed by atoms with Crippen LogP contribution in [-0.2, 0) is 9.53 Å². The highest BCUT2D eigenvalue weighted by Gasteiger charge is 2.33. The van der Waals surface area contributed by atoms with Crippen LogP contribution in [0, 0.1) is 0 Å². The van der Waals surface area contributed by atoms with E-state index in [2.05, 4.69) is 9.88 Å². The van der Waals surface area contributed by atoms with Crippen LogP contribution in [0.15, 0.2) is 18.3 Å². The molecular weight excluding hydrogens is 336 g/mol. The van der Waals surface area contributed by atoms with Crippen LogP contribution in [0.3, 0.4) is 0 Å². The number of piperazine rings is 1. The van der Waals surface area contributed by atoms with Gasteiger partial charge in [0.05, 0.1) is 24.8 Å². The van der Waals surface area contributed by atoms with Gasteiger partial charge in [-0.3, -0.25) is 4.79 Å². The van der Waals surface area contributed by atoms with Gasteiger partial charge in [0, 0.05) is 32.4 Å². The third kappa shape index (κ3) is 4.07. The van der Waals surface area contributed by atoms with Crippen LogP contribution < -0.4 is 9.80 Å². The summed E-state index contributed by atoms with van der Waals surface area (Å²) in [5.41, 5.74) is 0.194. The molecule has 0 aromatic carbocycles. The molecule has 142 valence electrons. The molecule has 1 N–H and O–H groups in total. The number of carbonyl (C=O) groups is 2. The minimum absolute atomic E-state index is 0.0980. The molecule has 3 rings (SSSR count). The SMILES string of the molecule is CC(C)(C)OC(=O)N1CCN(c2ncccc2N2CC(O)CC2=O)CC1. The highest BCUT2D eigenvalue weighted by molar-refractivity contribution is 5.98. The molecule has 0 bridgehead atoms. The fraction of sp³-hybridized carbons (Fsp3) is 0.611. The summed E-state index contributed by atoms with van der Waals surface area (Å²) in [5.74, 6) is 0.609. The Balaban J connectivity index is 1.69. The van der Waals surface area contributed by atoms with Gasteiger partial charge in [-0.25, -0.2) is 9.78 Å². The average molecular weight is 362 g/mol. The van der Waals surface area contributed by atoms with Crippen molar-refractivity contribution in [1.82, 2.24) is 9.88 Å². The first-order chi connectivity index (χ1) is 12.2. The van der Waals surface area contributed by atoms with E-state index in [1.54, 1.807) is 22.1 Å². The molecule has 0 spiro atoms. The van der Waals surface area contributed by atoms with Crippen LogP contribution in [0.25, 0.3) is 0 Å². The molecule has 2 aliphatic rings. The number of aliphatic hydroxyl groups excluding tert-OH is 1. The number of β-amino-alcohol motifs (C(OH)–C–C–N with tert-alkyl or cyclic N) is 1. The largest absolute Gasteiger partial charge is 0.444 e. The predicted molar refractivity (Wildman–Crippen MR) is 97.2 cm³/mol. The zero-order chi connectivity index (χ0) is 18.9. The number of aliphatic hydroxyl groups is 1. The van der Waals surface area contributed by atoms with Crippen molar-refractivity contribution >= 4 is 23.5 Å². The van der Waals surface area contributed by atoms with Crippen LogP contribution >= 0.6 is 0 Å². The minimum Gasteiger partial charge on any atom is -0.444 e. The Labute approximate surface area is 153 Å². The van der Waals surface area contributed by atoms with Gasteiger partial charge in [-0.05, 0) is 32.9 Å². The van der Waals surface area contributed by atoms with Gasteiger partial charge in [0.2, 0.25) is 5.91 Å². The van der Waals surface area contributed by atoms with Gasteiger partial charge in [0.1, 0.15) is 5.60 Å². The summed E-state index contributed by atoms with van der Waals surface area (Å²) < 4.78 is 5.42. The number of carbonyl (C=O) groups excluding carboxylic acids is 2. The first-order valence-electron chi connectivity index (χ1n) is 8.91. The summed E-state index contributed by atoms with van der Waals surface area (Å²) in [5, 5.41) is 9.77. The lowest BCUT2D eigenvalue weighted by atomic mass is 10.2. The molecule has 0 radical (unpaired) electrons. The maximum absolute atomic E-state index is 12.2. The maximum atomic E-state index is 12.2. The molecule has 1 unspecified atom stereocenters. The zero-order valence-corrected chi connectivity index (χ0v) is 15.5. The van der Waals surface area contributed by atoms with Crippen molar-refractivity contribution < 1.29 is 19.4 Å². The van der Waals surface area contributed by atoms with Gasteiger partial charge in [0.25, 0.3) is 0 Å². The monoisotopic (exact) mass is 362 g/mol. The van der Waals surface area contributed by atoms with Crippen molar-refractivity contribution in [3.05, 3.63) is 18.3 Å². The lowest BCUT2D eigenvalue weighted by Gasteiger charge is -2.37. The molecule has 2 aliphatic heterocycles. The second-order valence-electron chi connectivity index (χ2n) is 7.66. The first-order valence-corrected chi connectivity index (χ1v) is 8.91. The molecule has 1 aromatic heterocycles. The molecule has 3 heterocycles. The molecule has 0 aliphatic carbocycles. The topological polar surface area (TPSA) is 86.2 Å². The molecule has 8 heteroatoms. The van der Waals surface area contributed by atoms with Crippen LogP contribution in [0.4, 0.5) is 16.3 Å². The van der Waals surface area contributed by atoms with E-state index in [1.807, 2.05) is 26.8 Å². The Morgan fingerprint density at radius 1 is 1.27 bits per heavy atom. The number of hydrogen-bond donors (Lipinski definition) is 1. The van der Waals surface area contributed by atoms with E-state index in [9.17, 15) is 14.7 Å². The van der Waals surface area contributed by atoms with Crippen LogP contribution in [0.5, 0.6) is 0 Å². The number of amides is 2. The fourth-order valence-electron chi connectivity index (χ4n) is 3.19. The maximum Gasteiger partial charge on any atom is 0.410 e. The Hall–Kier alpha value is -2.35. The summed E-state index contributed by atoms with van der Waals surface area (Å²) >= 11 is 0. The van der Waals surface area contributed by atoms with E-state index >= 15 is 0 Å². The quantitative estimate of drug-likeness (QED) is 0.852. The Kier molecular flexibility index (Phi) is 5.04. The predicted octanol–water partition coefficient (Wildman–Crippen LogP) is 1.24. The summed E-state index contributed by atoms with van der Waals surface area (Å²) in [4.78, 5) is 34.1. The molecule has 2 saturated heterocycles. The molecule has 8 nitrogen and oxygen atoms in total. The van der Waals surface area contributed by atoms with Crippen molar-refractivity contribution in [2.24, 2.45) is 0 Å². The fourth-order valence-corrected chi connectivity index (χ4v) is 3.19. The average Bonchev–Trinajstić information content (AvgIpc) is 2.92. The van der Waals surface area contributed by atoms with Crippen molar-refractivity contribution in [2.45, 2.75) is 38.9 Å². The van der Waals surface area contributed by atoms with E-state index in [4.69, 9.17) is 4.74 Å². The van der Waals surface area contributed by atoms with Gasteiger partial charge < -0.3 is 24.5 Å². The lowest BCUT2D eigenvalue weighted by Crippen LogP contribution is -2.50. The van der Waals surface area contributed by atoms with Gasteiger partial charge in [-0.1, -0.05) is 0 Å². The number of anilines is 2. The normalized spacial score (nSPS) is 21.3. The second kappa shape index (κ2) is 7.11. The Morgan fingerprint density at radius 2 is 1.96 bits per heavy atom. The standard InChI is InChI=1S/C18H26N4O4/c1-18(2,3)26-17(25)21-9-7-20(8-10-21)16-14(5-4-6-19-16)22-12-13(23)11-15(22)24/h4-6,13,23H,7-12H2,1-3H3. The molecule has 26 heavy (non-hydrogen) atoms. The molecule has 2 fully saturated rings. The number of ether oxygens (including phenoxy) is 1. The van der Waals surface area contributed by atoms with Crippen molar-refractivity contribution in [1.29, 1.82) is 0 Å². The van der Waals surface area contributed by atoms with E-state index < -0.39 is 11.7 Å². The van der Waals surface area contributed by atoms with Crippen LogP contribution in [0.2, 0.25) is 0 Å². The van der Waals surface area contributed by atoms with Gasteiger partial charge in [-0.2, -0.15) is 0 Å². The van der Waals surface area contributed by atoms with E-state index in [-0.39, 0.29) is 25.0 Å². The highest BCUT2D eigenvalue weighted by Crippen LogP contribution is 2.31. The van der Waals surface area contributed by atoms with Crippen molar-refractivity contribution in [3.63, 3.8) is 0 Å². The van der Waals surface area contributed by atoms with E-state index in [0.29, 0.717) is 37.7 Å². The summed E-state index contributed by atoms with van der Waals surface area (Å²) in [6.07, 6.45) is 0.882. The molecule has 1 atom stereocenters. The number of rotatable bonds is 2. The van der Waals surface area contributed by atoms with Crippen LogP contribution in [-0.4, -0.2) is 71.4 Å². The summed E-state index contributed by atoms with van der Waals surface area (Å²) in [7, 11) is 0. The van der Waals surface area contributed by atoms with Crippen LogP contribution in [0.1, 0.15) is 27.2 Å². The molecule has 1 aromatic rings. The number of nitrogens with zero attached hydrogens (tertiary/aromatic N) is 4. The smallest absolute Gasteiger partial charge is 0.410 e. The summed E-state index contributed by atoms with van der Waals surface area (Å²) in [6.45, 7) is 8.11. The van der Waals surface area contributed by atoms with Crippen molar-refractivity contribution in [2.75, 3.05) is 42.5 Å². The first kappa shape index (κ1) is 18.4. The zero-order valence-electron chi connectivity index (χ0n) is 15.5. The highest BCUT2D eigenvalue weighted by atomic mass is 16.6. The number of hydrogen-bond acceptors (Lipinski definition) is 6. The minimum atomic E-state index is -0.639. The summed E-state index contributed by atoms with van der Waals surface area (Å²) in [6, 6.07) is 3.63. The van der Waals surface area contributed by atoms with Crippen molar-refractivity contribution in [3.8, 4) is 0 Å². The number of aromatic nitrogens is 1. The van der Waals surface area contributed by atoms with Gasteiger partial charge >= 0.3 is 6.09 Å². The molecular formula is C18H26N4O4. The third-order valence-corrected chi connectivity index (χ3v) is 4.39. The lowest BCUT2D eigenvalue weighted by molar-refractivity contribution is -0.117. The van der Waals surface area contributed by atoms with Gasteiger partial charge in [-0.15, -0.1) is 0 Å². The third-order valence-electron chi connectivity index (χ3n) is 4.39. The van der Waals surface area contributed by atoms with E-state index in [0.717, 1.165) is 0 Å². The Bertz CT molecular complexity index is 680. The van der Waals surface area contributed by atoms with E-state index in [1.165, 1.54) is 0 Å². The second-order valence-corrected chi connectivity index (χ2v) is 7.66. The Morgan fingerprint density at radius 3 is 2.54 bits per heavy atom.